The summed E-state index contributed by atoms with van der Waals surface area (Å²) in [5, 5.41) is 9.25. The fourth-order valence-corrected chi connectivity index (χ4v) is 1.10. The normalized spacial score (nSPS) is 21.6. The second-order valence-corrected chi connectivity index (χ2v) is 4.78. The van der Waals surface area contributed by atoms with Gasteiger partial charge in [-0.3, -0.25) is 0 Å². The Bertz CT molecular complexity index is 259. The van der Waals surface area contributed by atoms with Gasteiger partial charge in [-0.1, -0.05) is 13.8 Å². The Morgan fingerprint density at radius 3 is 2.38 bits per heavy atom. The molecule has 0 aromatic carbocycles. The van der Waals surface area contributed by atoms with Gasteiger partial charge < -0.3 is 9.84 Å². The second kappa shape index (κ2) is 4.69. The zero-order chi connectivity index (χ0) is 12.4. The summed E-state index contributed by atoms with van der Waals surface area (Å²) in [6.45, 7) is 5.40. The van der Waals surface area contributed by atoms with E-state index in [1.165, 1.54) is 7.11 Å². The molecule has 1 fully saturated rings. The van der Waals surface area contributed by atoms with Crippen molar-refractivity contribution in [3.05, 3.63) is 0 Å². The zero-order valence-corrected chi connectivity index (χ0v) is 10.3. The summed E-state index contributed by atoms with van der Waals surface area (Å²) in [5.41, 5.74) is -1.75. The van der Waals surface area contributed by atoms with E-state index < -0.39 is 17.2 Å². The van der Waals surface area contributed by atoms with Gasteiger partial charge in [0.2, 0.25) is 5.60 Å². The van der Waals surface area contributed by atoms with Crippen molar-refractivity contribution in [2.24, 2.45) is 5.92 Å². The molecule has 1 saturated carbocycles. The lowest BCUT2D eigenvalue weighted by Gasteiger charge is -2.31. The molecule has 0 heterocycles. The molecule has 0 aliphatic heterocycles. The van der Waals surface area contributed by atoms with E-state index in [0.717, 1.165) is 0 Å². The number of hydrogen-bond acceptors (Lipinski definition) is 5. The van der Waals surface area contributed by atoms with E-state index in [-0.39, 0.29) is 12.5 Å². The minimum Gasteiger partial charge on any atom is -0.467 e. The number of carbonyl (C=O) groups excluding carboxylic acids is 1. The molecule has 5 heteroatoms. The average Bonchev–Trinajstić information content (AvgIpc) is 3.05. The van der Waals surface area contributed by atoms with E-state index in [9.17, 15) is 9.90 Å². The highest BCUT2D eigenvalue weighted by Gasteiger charge is 2.55. The Morgan fingerprint density at radius 1 is 1.50 bits per heavy atom. The van der Waals surface area contributed by atoms with E-state index in [1.807, 2.05) is 13.8 Å². The quantitative estimate of drug-likeness (QED) is 0.421. The van der Waals surface area contributed by atoms with Crippen molar-refractivity contribution in [2.75, 3.05) is 13.7 Å². The number of esters is 1. The Morgan fingerprint density at radius 2 is 2.06 bits per heavy atom. The first-order valence-electron chi connectivity index (χ1n) is 5.46. The van der Waals surface area contributed by atoms with Gasteiger partial charge in [-0.15, -0.1) is 0 Å². The smallest absolute Gasteiger partial charge is 0.341 e. The van der Waals surface area contributed by atoms with Crippen molar-refractivity contribution in [1.29, 1.82) is 0 Å². The highest BCUT2D eigenvalue weighted by molar-refractivity contribution is 5.82. The maximum atomic E-state index is 11.4. The molecular weight excluding hydrogens is 212 g/mol. The summed E-state index contributed by atoms with van der Waals surface area (Å²) in [4.78, 5) is 21.8. The average molecular weight is 232 g/mol. The number of rotatable bonds is 6. The molecule has 1 atom stereocenters. The number of carbonyl (C=O) groups is 1. The van der Waals surface area contributed by atoms with Crippen LogP contribution in [0, 0.1) is 5.92 Å². The Balaban J connectivity index is 2.54. The third kappa shape index (κ3) is 2.53. The van der Waals surface area contributed by atoms with E-state index >= 15 is 0 Å². The number of ether oxygens (including phenoxy) is 1. The van der Waals surface area contributed by atoms with Crippen LogP contribution in [0.1, 0.15) is 33.6 Å². The fourth-order valence-electron chi connectivity index (χ4n) is 1.10. The van der Waals surface area contributed by atoms with Crippen LogP contribution < -0.4 is 0 Å². The largest absolute Gasteiger partial charge is 0.467 e. The zero-order valence-electron chi connectivity index (χ0n) is 10.3. The van der Waals surface area contributed by atoms with Crippen molar-refractivity contribution >= 4 is 5.97 Å². The summed E-state index contributed by atoms with van der Waals surface area (Å²) in [5.74, 6) is -0.345. The summed E-state index contributed by atoms with van der Waals surface area (Å²) >= 11 is 0. The van der Waals surface area contributed by atoms with Crippen molar-refractivity contribution in [3.8, 4) is 0 Å². The molecule has 0 radical (unpaired) electrons. The lowest BCUT2D eigenvalue weighted by molar-refractivity contribution is -0.396. The van der Waals surface area contributed by atoms with E-state index in [4.69, 9.17) is 9.78 Å². The van der Waals surface area contributed by atoms with Gasteiger partial charge in [-0.25, -0.2) is 14.6 Å². The molecule has 1 rings (SSSR count). The van der Waals surface area contributed by atoms with E-state index in [0.29, 0.717) is 12.8 Å². The first-order chi connectivity index (χ1) is 7.40. The summed E-state index contributed by atoms with van der Waals surface area (Å²) in [6, 6.07) is 0. The van der Waals surface area contributed by atoms with Gasteiger partial charge in [0.1, 0.15) is 5.60 Å². The minimum absolute atomic E-state index is 0.0750. The Kier molecular flexibility index (Phi) is 3.93. The molecule has 0 saturated heterocycles. The molecule has 94 valence electrons. The van der Waals surface area contributed by atoms with Gasteiger partial charge >= 0.3 is 5.97 Å². The highest BCUT2D eigenvalue weighted by atomic mass is 17.2. The van der Waals surface area contributed by atoms with Crippen LogP contribution in [-0.2, 0) is 19.3 Å². The molecule has 1 aliphatic carbocycles. The lowest BCUT2D eigenvalue weighted by Crippen LogP contribution is -2.42. The van der Waals surface area contributed by atoms with Crippen molar-refractivity contribution in [1.82, 2.24) is 0 Å². The van der Waals surface area contributed by atoms with E-state index in [2.05, 4.69) is 4.74 Å². The van der Waals surface area contributed by atoms with Crippen LogP contribution in [-0.4, -0.2) is 36.0 Å². The predicted octanol–water partition coefficient (Wildman–Crippen LogP) is 1.05. The number of aliphatic hydroxyl groups excluding tert-OH is 1. The maximum absolute atomic E-state index is 11.4. The van der Waals surface area contributed by atoms with Crippen LogP contribution in [0.3, 0.4) is 0 Å². The third-order valence-corrected chi connectivity index (χ3v) is 3.19. The molecule has 0 spiro atoms. The minimum atomic E-state index is -0.944. The molecular formula is C11H20O5. The Hall–Kier alpha value is -0.650. The molecule has 0 amide bonds. The predicted molar refractivity (Wildman–Crippen MR) is 56.5 cm³/mol. The number of hydrogen-bond donors (Lipinski definition) is 1. The Labute approximate surface area is 95.6 Å². The first-order valence-corrected chi connectivity index (χ1v) is 5.46. The number of aliphatic hydroxyl groups is 1. The molecule has 5 nitrogen and oxygen atoms in total. The van der Waals surface area contributed by atoms with Crippen LogP contribution >= 0.6 is 0 Å². The fraction of sp³-hybridized carbons (Fsp3) is 0.909. The SMILES string of the molecule is COC(=O)C1(OOC(C)(CO)C(C)C)CC1. The standard InChI is InChI=1S/C11H20O5/c1-8(2)10(3,7-12)15-16-11(5-6-11)9(13)14-4/h8,12H,5-7H2,1-4H3. The third-order valence-electron chi connectivity index (χ3n) is 3.19. The van der Waals surface area contributed by atoms with Gasteiger partial charge in [-0.05, 0) is 25.7 Å². The molecule has 16 heavy (non-hydrogen) atoms. The first kappa shape index (κ1) is 13.4. The molecule has 0 aromatic rings. The van der Waals surface area contributed by atoms with Gasteiger partial charge in [-0.2, -0.15) is 0 Å². The van der Waals surface area contributed by atoms with Crippen molar-refractivity contribution in [2.45, 2.75) is 44.8 Å². The van der Waals surface area contributed by atoms with Gasteiger partial charge in [0.25, 0.3) is 0 Å². The van der Waals surface area contributed by atoms with Gasteiger partial charge in [0, 0.05) is 0 Å². The van der Waals surface area contributed by atoms with Crippen LogP contribution in [0.15, 0.2) is 0 Å². The summed E-state index contributed by atoms with van der Waals surface area (Å²) in [6.07, 6.45) is 1.19. The van der Waals surface area contributed by atoms with Crippen LogP contribution in [0.5, 0.6) is 0 Å². The lowest BCUT2D eigenvalue weighted by atomic mass is 9.94. The number of methoxy groups -OCH3 is 1. The monoisotopic (exact) mass is 232 g/mol. The molecule has 0 aromatic heterocycles. The highest BCUT2D eigenvalue weighted by Crippen LogP contribution is 2.42. The maximum Gasteiger partial charge on any atom is 0.341 e. The van der Waals surface area contributed by atoms with Crippen LogP contribution in [0.4, 0.5) is 0 Å². The van der Waals surface area contributed by atoms with Crippen molar-refractivity contribution < 1.29 is 24.4 Å². The van der Waals surface area contributed by atoms with Gasteiger partial charge in [0.05, 0.1) is 13.7 Å². The van der Waals surface area contributed by atoms with Crippen molar-refractivity contribution in [3.63, 3.8) is 0 Å². The van der Waals surface area contributed by atoms with Crippen LogP contribution in [0.25, 0.3) is 0 Å². The summed E-state index contributed by atoms with van der Waals surface area (Å²) < 4.78 is 4.63. The van der Waals surface area contributed by atoms with E-state index in [1.54, 1.807) is 6.92 Å². The molecule has 0 bridgehead atoms. The topological polar surface area (TPSA) is 65.0 Å². The van der Waals surface area contributed by atoms with Gasteiger partial charge in [0.15, 0.2) is 0 Å². The molecule has 1 aliphatic rings. The molecule has 1 unspecified atom stereocenters. The molecule has 1 N–H and O–H groups in total. The second-order valence-electron chi connectivity index (χ2n) is 4.78. The summed E-state index contributed by atoms with van der Waals surface area (Å²) in [7, 11) is 1.32. The van der Waals surface area contributed by atoms with Crippen LogP contribution in [0.2, 0.25) is 0 Å².